The van der Waals surface area contributed by atoms with Crippen LogP contribution in [0.2, 0.25) is 5.02 Å². The van der Waals surface area contributed by atoms with Gasteiger partial charge in [0.15, 0.2) is 0 Å². The second-order valence-electron chi connectivity index (χ2n) is 6.33. The van der Waals surface area contributed by atoms with Gasteiger partial charge in [0.05, 0.1) is 23.1 Å². The van der Waals surface area contributed by atoms with Gasteiger partial charge < -0.3 is 15.0 Å². The van der Waals surface area contributed by atoms with E-state index in [0.717, 1.165) is 18.3 Å². The van der Waals surface area contributed by atoms with Crippen molar-refractivity contribution in [3.05, 3.63) is 40.6 Å². The summed E-state index contributed by atoms with van der Waals surface area (Å²) < 4.78 is 43.8. The molecule has 0 radical (unpaired) electrons. The third kappa shape index (κ3) is 5.87. The molecule has 0 bridgehead atoms. The van der Waals surface area contributed by atoms with E-state index in [1.54, 1.807) is 13.0 Å². The van der Waals surface area contributed by atoms with E-state index in [4.69, 9.17) is 16.3 Å². The number of amides is 1. The normalized spacial score (nSPS) is 15.6. The van der Waals surface area contributed by atoms with Crippen LogP contribution in [0, 0.1) is 17.2 Å². The van der Waals surface area contributed by atoms with Crippen LogP contribution in [0.1, 0.15) is 25.3 Å². The quantitative estimate of drug-likeness (QED) is 0.435. The van der Waals surface area contributed by atoms with Gasteiger partial charge in [-0.25, -0.2) is 0 Å². The molecule has 1 aromatic carbocycles. The number of hydrogen-bond acceptors (Lipinski definition) is 5. The van der Waals surface area contributed by atoms with Crippen molar-refractivity contribution in [1.82, 2.24) is 4.90 Å². The zero-order chi connectivity index (χ0) is 21.6. The maximum absolute atomic E-state index is 12.9. The molecule has 1 aliphatic rings. The summed E-state index contributed by atoms with van der Waals surface area (Å²) in [5.74, 6) is -1.16. The summed E-state index contributed by atoms with van der Waals surface area (Å²) in [7, 11) is 0. The van der Waals surface area contributed by atoms with Gasteiger partial charge in [0, 0.05) is 25.0 Å². The molecule has 1 aromatic rings. The predicted octanol–water partition coefficient (Wildman–Crippen LogP) is 3.98. The number of esters is 1. The number of rotatable bonds is 5. The number of piperidine rings is 1. The maximum Gasteiger partial charge on any atom is 0.417 e. The fraction of sp³-hybridized carbons (Fsp3) is 0.421. The molecule has 1 aliphatic heterocycles. The molecule has 1 N–H and O–H groups in total. The molecule has 0 atom stereocenters. The number of hydrogen-bond donors (Lipinski definition) is 1. The van der Waals surface area contributed by atoms with Gasteiger partial charge >= 0.3 is 12.1 Å². The number of anilines is 1. The summed E-state index contributed by atoms with van der Waals surface area (Å²) in [6, 6.07) is 4.92. The number of benzene rings is 1. The first-order valence-electron chi connectivity index (χ1n) is 8.86. The first-order chi connectivity index (χ1) is 13.7. The van der Waals surface area contributed by atoms with Crippen molar-refractivity contribution in [1.29, 1.82) is 5.26 Å². The zero-order valence-electron chi connectivity index (χ0n) is 15.6. The average molecular weight is 430 g/mol. The number of halogens is 4. The van der Waals surface area contributed by atoms with Crippen LogP contribution >= 0.6 is 11.6 Å². The van der Waals surface area contributed by atoms with Crippen LogP contribution in [0.3, 0.4) is 0 Å². The van der Waals surface area contributed by atoms with Gasteiger partial charge in [-0.3, -0.25) is 9.59 Å². The Labute approximate surface area is 170 Å². The molecule has 2 rings (SSSR count). The van der Waals surface area contributed by atoms with Crippen LogP contribution in [0.25, 0.3) is 0 Å². The number of alkyl halides is 3. The Kier molecular flexibility index (Phi) is 7.51. The van der Waals surface area contributed by atoms with Crippen LogP contribution in [-0.2, 0) is 20.5 Å². The monoisotopic (exact) mass is 429 g/mol. The first kappa shape index (κ1) is 22.6. The van der Waals surface area contributed by atoms with Gasteiger partial charge in [-0.1, -0.05) is 11.6 Å². The first-order valence-corrected chi connectivity index (χ1v) is 9.24. The van der Waals surface area contributed by atoms with Crippen LogP contribution in [0.15, 0.2) is 30.0 Å². The van der Waals surface area contributed by atoms with Crippen molar-refractivity contribution in [2.75, 3.05) is 25.0 Å². The third-order valence-corrected chi connectivity index (χ3v) is 4.74. The lowest BCUT2D eigenvalue weighted by molar-refractivity contribution is -0.150. The smallest absolute Gasteiger partial charge is 0.417 e. The molecule has 0 unspecified atom stereocenters. The van der Waals surface area contributed by atoms with Gasteiger partial charge in [-0.2, -0.15) is 18.4 Å². The molecule has 10 heteroatoms. The van der Waals surface area contributed by atoms with E-state index >= 15 is 0 Å². The summed E-state index contributed by atoms with van der Waals surface area (Å²) in [6.45, 7) is 2.55. The Bertz CT molecular complexity index is 841. The molecular weight excluding hydrogens is 411 g/mol. The maximum atomic E-state index is 12.9. The van der Waals surface area contributed by atoms with Gasteiger partial charge in [0.2, 0.25) is 0 Å². The van der Waals surface area contributed by atoms with Gasteiger partial charge in [-0.05, 0) is 38.0 Å². The number of carbonyl (C=O) groups is 2. The summed E-state index contributed by atoms with van der Waals surface area (Å²) in [6.07, 6.45) is -2.73. The lowest BCUT2D eigenvalue weighted by atomic mass is 9.96. The Morgan fingerprint density at radius 3 is 2.59 bits per heavy atom. The van der Waals surface area contributed by atoms with E-state index < -0.39 is 22.7 Å². The van der Waals surface area contributed by atoms with Crippen molar-refractivity contribution in [3.8, 4) is 6.07 Å². The van der Waals surface area contributed by atoms with Crippen molar-refractivity contribution in [2.45, 2.75) is 25.9 Å². The van der Waals surface area contributed by atoms with Crippen LogP contribution in [-0.4, -0.2) is 36.5 Å². The molecular formula is C19H19ClF3N3O3. The Balaban J connectivity index is 2.05. The van der Waals surface area contributed by atoms with Gasteiger partial charge in [0.25, 0.3) is 5.91 Å². The summed E-state index contributed by atoms with van der Waals surface area (Å²) in [4.78, 5) is 25.7. The number of nitriles is 1. The van der Waals surface area contributed by atoms with Crippen LogP contribution in [0.4, 0.5) is 18.9 Å². The molecule has 1 saturated heterocycles. The Hall–Kier alpha value is -2.73. The molecule has 1 fully saturated rings. The summed E-state index contributed by atoms with van der Waals surface area (Å²) in [5, 5.41) is 11.3. The standard InChI is InChI=1S/C19H19ClF3N3O3/c1-2-29-18(28)12-5-7-26(8-6-12)17(27)13(10-24)11-25-14-3-4-16(20)15(9-14)19(21,22)23/h3-4,9,11-12,25H,2,5-8H2,1H3/b13-11-. The Morgan fingerprint density at radius 1 is 1.38 bits per heavy atom. The van der Waals surface area contributed by atoms with Crippen LogP contribution < -0.4 is 5.32 Å². The van der Waals surface area contributed by atoms with Crippen molar-refractivity contribution < 1.29 is 27.5 Å². The number of nitrogens with one attached hydrogen (secondary N) is 1. The minimum absolute atomic E-state index is 0.0308. The van der Waals surface area contributed by atoms with Crippen molar-refractivity contribution >= 4 is 29.2 Å². The lowest BCUT2D eigenvalue weighted by Crippen LogP contribution is -2.41. The topological polar surface area (TPSA) is 82.4 Å². The molecule has 1 amide bonds. The molecule has 6 nitrogen and oxygen atoms in total. The SMILES string of the molecule is CCOC(=O)C1CCN(C(=O)/C(C#N)=C\Nc2ccc(Cl)c(C(F)(F)F)c2)CC1. The van der Waals surface area contributed by atoms with E-state index in [1.165, 1.54) is 11.0 Å². The molecule has 156 valence electrons. The fourth-order valence-corrected chi connectivity index (χ4v) is 3.10. The number of nitrogens with zero attached hydrogens (tertiary/aromatic N) is 2. The minimum Gasteiger partial charge on any atom is -0.466 e. The molecule has 0 aromatic heterocycles. The van der Waals surface area contributed by atoms with E-state index in [9.17, 15) is 28.0 Å². The molecule has 1 heterocycles. The zero-order valence-corrected chi connectivity index (χ0v) is 16.3. The van der Waals surface area contributed by atoms with E-state index in [2.05, 4.69) is 5.32 Å². The predicted molar refractivity (Wildman–Crippen MR) is 99.7 cm³/mol. The van der Waals surface area contributed by atoms with E-state index in [0.29, 0.717) is 12.8 Å². The second-order valence-corrected chi connectivity index (χ2v) is 6.73. The molecule has 29 heavy (non-hydrogen) atoms. The van der Waals surface area contributed by atoms with Crippen molar-refractivity contribution in [3.63, 3.8) is 0 Å². The number of likely N-dealkylation sites (tertiary alicyclic amines) is 1. The highest BCUT2D eigenvalue weighted by Gasteiger charge is 2.33. The van der Waals surface area contributed by atoms with Crippen LogP contribution in [0.5, 0.6) is 0 Å². The Morgan fingerprint density at radius 2 is 2.03 bits per heavy atom. The highest BCUT2D eigenvalue weighted by atomic mass is 35.5. The number of ether oxygens (including phenoxy) is 1. The van der Waals surface area contributed by atoms with E-state index in [1.807, 2.05) is 0 Å². The fourth-order valence-electron chi connectivity index (χ4n) is 2.88. The highest BCUT2D eigenvalue weighted by molar-refractivity contribution is 6.31. The summed E-state index contributed by atoms with van der Waals surface area (Å²) in [5.41, 5.74) is -1.25. The van der Waals surface area contributed by atoms with Crippen molar-refractivity contribution in [2.24, 2.45) is 5.92 Å². The lowest BCUT2D eigenvalue weighted by Gasteiger charge is -2.30. The second kappa shape index (κ2) is 9.65. The number of carbonyl (C=O) groups excluding carboxylic acids is 2. The highest BCUT2D eigenvalue weighted by Crippen LogP contribution is 2.36. The molecule has 0 aliphatic carbocycles. The average Bonchev–Trinajstić information content (AvgIpc) is 2.68. The minimum atomic E-state index is -4.63. The van der Waals surface area contributed by atoms with Gasteiger partial charge in [0.1, 0.15) is 11.6 Å². The summed E-state index contributed by atoms with van der Waals surface area (Å²) >= 11 is 5.57. The van der Waals surface area contributed by atoms with Gasteiger partial charge in [-0.15, -0.1) is 0 Å². The molecule has 0 saturated carbocycles. The third-order valence-electron chi connectivity index (χ3n) is 4.41. The molecule has 0 spiro atoms. The largest absolute Gasteiger partial charge is 0.466 e. The van der Waals surface area contributed by atoms with E-state index in [-0.39, 0.29) is 42.8 Å².